The molecule has 0 saturated heterocycles. The zero-order chi connectivity index (χ0) is 15.9. The summed E-state index contributed by atoms with van der Waals surface area (Å²) < 4.78 is 5.51. The standard InChI is InChI=1S/C19H23NO2/c1-4-18(16-9-5-14(2)6-10-16)20-19(21)13-22-17-11-7-15(3)8-12-17/h5-12,18H,4,13H2,1-3H3,(H,20,21). The van der Waals surface area contributed by atoms with E-state index >= 15 is 0 Å². The molecule has 0 saturated carbocycles. The molecule has 1 amide bonds. The Morgan fingerprint density at radius 1 is 1.00 bits per heavy atom. The minimum atomic E-state index is -0.104. The van der Waals surface area contributed by atoms with Crippen LogP contribution in [0.3, 0.4) is 0 Å². The summed E-state index contributed by atoms with van der Waals surface area (Å²) in [4.78, 5) is 12.1. The lowest BCUT2D eigenvalue weighted by molar-refractivity contribution is -0.123. The van der Waals surface area contributed by atoms with Crippen LogP contribution in [0.4, 0.5) is 0 Å². The third kappa shape index (κ3) is 4.62. The Kier molecular flexibility index (Phi) is 5.59. The summed E-state index contributed by atoms with van der Waals surface area (Å²) in [6, 6.07) is 16.0. The molecule has 3 nitrogen and oxygen atoms in total. The number of hydrogen-bond acceptors (Lipinski definition) is 2. The Balaban J connectivity index is 1.89. The van der Waals surface area contributed by atoms with E-state index in [0.29, 0.717) is 5.75 Å². The first-order valence-electron chi connectivity index (χ1n) is 7.64. The van der Waals surface area contributed by atoms with Gasteiger partial charge in [-0.15, -0.1) is 0 Å². The molecule has 0 aromatic heterocycles. The second kappa shape index (κ2) is 7.64. The molecule has 0 bridgehead atoms. The Hall–Kier alpha value is -2.29. The molecule has 0 spiro atoms. The van der Waals surface area contributed by atoms with E-state index in [9.17, 15) is 4.79 Å². The van der Waals surface area contributed by atoms with Gasteiger partial charge in [0.1, 0.15) is 5.75 Å². The molecule has 2 aromatic rings. The summed E-state index contributed by atoms with van der Waals surface area (Å²) in [5, 5.41) is 3.02. The van der Waals surface area contributed by atoms with Crippen LogP contribution in [-0.2, 0) is 4.79 Å². The predicted molar refractivity (Wildman–Crippen MR) is 89.0 cm³/mol. The van der Waals surface area contributed by atoms with E-state index in [2.05, 4.69) is 43.4 Å². The number of ether oxygens (including phenoxy) is 1. The third-order valence-electron chi connectivity index (χ3n) is 3.61. The molecule has 22 heavy (non-hydrogen) atoms. The van der Waals surface area contributed by atoms with Gasteiger partial charge in [-0.25, -0.2) is 0 Å². The number of benzene rings is 2. The van der Waals surface area contributed by atoms with Crippen LogP contribution in [0, 0.1) is 13.8 Å². The largest absolute Gasteiger partial charge is 0.484 e. The first kappa shape index (κ1) is 16.1. The Bertz CT molecular complexity index is 602. The van der Waals surface area contributed by atoms with E-state index < -0.39 is 0 Å². The van der Waals surface area contributed by atoms with Crippen molar-refractivity contribution in [3.05, 3.63) is 65.2 Å². The van der Waals surface area contributed by atoms with Gasteiger partial charge in [-0.05, 0) is 38.0 Å². The first-order chi connectivity index (χ1) is 10.6. The monoisotopic (exact) mass is 297 g/mol. The summed E-state index contributed by atoms with van der Waals surface area (Å²) in [5.41, 5.74) is 3.51. The molecule has 2 aromatic carbocycles. The van der Waals surface area contributed by atoms with Crippen molar-refractivity contribution >= 4 is 5.91 Å². The second-order valence-corrected chi connectivity index (χ2v) is 5.54. The van der Waals surface area contributed by atoms with E-state index in [4.69, 9.17) is 4.74 Å². The molecule has 0 heterocycles. The highest BCUT2D eigenvalue weighted by Gasteiger charge is 2.12. The molecule has 0 aliphatic rings. The fourth-order valence-corrected chi connectivity index (χ4v) is 2.24. The van der Waals surface area contributed by atoms with Crippen LogP contribution >= 0.6 is 0 Å². The van der Waals surface area contributed by atoms with Crippen LogP contribution in [-0.4, -0.2) is 12.5 Å². The number of nitrogens with one attached hydrogen (secondary N) is 1. The molecular weight excluding hydrogens is 274 g/mol. The van der Waals surface area contributed by atoms with Crippen LogP contribution in [0.5, 0.6) is 5.75 Å². The van der Waals surface area contributed by atoms with Crippen molar-refractivity contribution < 1.29 is 9.53 Å². The highest BCUT2D eigenvalue weighted by Crippen LogP contribution is 2.17. The molecule has 0 fully saturated rings. The van der Waals surface area contributed by atoms with Gasteiger partial charge in [0, 0.05) is 0 Å². The lowest BCUT2D eigenvalue weighted by atomic mass is 10.0. The van der Waals surface area contributed by atoms with Crippen molar-refractivity contribution in [1.82, 2.24) is 5.32 Å². The van der Waals surface area contributed by atoms with Gasteiger partial charge < -0.3 is 10.1 Å². The van der Waals surface area contributed by atoms with Crippen molar-refractivity contribution in [1.29, 1.82) is 0 Å². The number of aryl methyl sites for hydroxylation is 2. The van der Waals surface area contributed by atoms with Crippen molar-refractivity contribution in [3.63, 3.8) is 0 Å². The summed E-state index contributed by atoms with van der Waals surface area (Å²) in [6.07, 6.45) is 0.847. The molecule has 0 aliphatic heterocycles. The first-order valence-corrected chi connectivity index (χ1v) is 7.64. The zero-order valence-corrected chi connectivity index (χ0v) is 13.4. The van der Waals surface area contributed by atoms with Gasteiger partial charge in [0.25, 0.3) is 5.91 Å². The Morgan fingerprint density at radius 2 is 1.55 bits per heavy atom. The minimum absolute atomic E-state index is 0.0229. The maximum Gasteiger partial charge on any atom is 0.258 e. The van der Waals surface area contributed by atoms with Crippen molar-refractivity contribution in [2.24, 2.45) is 0 Å². The lowest BCUT2D eigenvalue weighted by Crippen LogP contribution is -2.32. The fraction of sp³-hybridized carbons (Fsp3) is 0.316. The zero-order valence-electron chi connectivity index (χ0n) is 13.4. The maximum absolute atomic E-state index is 12.1. The van der Waals surface area contributed by atoms with Gasteiger partial charge in [0.05, 0.1) is 6.04 Å². The van der Waals surface area contributed by atoms with E-state index in [1.165, 1.54) is 11.1 Å². The number of hydrogen-bond donors (Lipinski definition) is 1. The van der Waals surface area contributed by atoms with Crippen LogP contribution < -0.4 is 10.1 Å². The van der Waals surface area contributed by atoms with Crippen LogP contribution in [0.1, 0.15) is 36.1 Å². The van der Waals surface area contributed by atoms with Crippen LogP contribution in [0.25, 0.3) is 0 Å². The summed E-state index contributed by atoms with van der Waals surface area (Å²) in [7, 11) is 0. The highest BCUT2D eigenvalue weighted by molar-refractivity contribution is 5.78. The van der Waals surface area contributed by atoms with Gasteiger partial charge in [-0.1, -0.05) is 54.4 Å². The number of carbonyl (C=O) groups excluding carboxylic acids is 1. The lowest BCUT2D eigenvalue weighted by Gasteiger charge is -2.18. The van der Waals surface area contributed by atoms with E-state index in [1.54, 1.807) is 0 Å². The topological polar surface area (TPSA) is 38.3 Å². The van der Waals surface area contributed by atoms with Gasteiger partial charge >= 0.3 is 0 Å². The van der Waals surface area contributed by atoms with Crippen molar-refractivity contribution in [2.45, 2.75) is 33.2 Å². The third-order valence-corrected chi connectivity index (χ3v) is 3.61. The molecule has 116 valence electrons. The summed E-state index contributed by atoms with van der Waals surface area (Å²) >= 11 is 0. The van der Waals surface area contributed by atoms with Crippen LogP contribution in [0.15, 0.2) is 48.5 Å². The van der Waals surface area contributed by atoms with Gasteiger partial charge in [0.15, 0.2) is 6.61 Å². The maximum atomic E-state index is 12.1. The molecular formula is C19H23NO2. The van der Waals surface area contributed by atoms with Crippen molar-refractivity contribution in [3.8, 4) is 5.75 Å². The van der Waals surface area contributed by atoms with E-state index in [-0.39, 0.29) is 18.6 Å². The second-order valence-electron chi connectivity index (χ2n) is 5.54. The SMILES string of the molecule is CCC(NC(=O)COc1ccc(C)cc1)c1ccc(C)cc1. The normalized spacial score (nSPS) is 11.8. The number of rotatable bonds is 6. The van der Waals surface area contributed by atoms with E-state index in [1.807, 2.05) is 31.2 Å². The summed E-state index contributed by atoms with van der Waals surface area (Å²) in [6.45, 7) is 6.17. The van der Waals surface area contributed by atoms with Crippen molar-refractivity contribution in [2.75, 3.05) is 6.61 Å². The predicted octanol–water partition coefficient (Wildman–Crippen LogP) is 3.95. The summed E-state index contributed by atoms with van der Waals surface area (Å²) in [5.74, 6) is 0.608. The molecule has 1 atom stereocenters. The quantitative estimate of drug-likeness (QED) is 0.876. The fourth-order valence-electron chi connectivity index (χ4n) is 2.24. The average Bonchev–Trinajstić information content (AvgIpc) is 2.53. The molecule has 3 heteroatoms. The Labute approximate surface area is 132 Å². The number of amides is 1. The minimum Gasteiger partial charge on any atom is -0.484 e. The molecule has 1 unspecified atom stereocenters. The van der Waals surface area contributed by atoms with Gasteiger partial charge in [-0.2, -0.15) is 0 Å². The molecule has 1 N–H and O–H groups in total. The molecule has 0 aliphatic carbocycles. The van der Waals surface area contributed by atoms with Crippen LogP contribution in [0.2, 0.25) is 0 Å². The Morgan fingerprint density at radius 3 is 2.09 bits per heavy atom. The van der Waals surface area contributed by atoms with E-state index in [0.717, 1.165) is 12.0 Å². The number of carbonyl (C=O) groups is 1. The van der Waals surface area contributed by atoms with Gasteiger partial charge in [0.2, 0.25) is 0 Å². The average molecular weight is 297 g/mol. The molecule has 2 rings (SSSR count). The molecule has 0 radical (unpaired) electrons. The highest BCUT2D eigenvalue weighted by atomic mass is 16.5. The van der Waals surface area contributed by atoms with Gasteiger partial charge in [-0.3, -0.25) is 4.79 Å². The smallest absolute Gasteiger partial charge is 0.258 e.